The molecule has 2 rings (SSSR count). The normalized spacial score (nSPS) is 12.6. The molecule has 0 aliphatic rings. The van der Waals surface area contributed by atoms with Gasteiger partial charge in [0.25, 0.3) is 5.91 Å². The highest BCUT2D eigenvalue weighted by molar-refractivity contribution is 5.92. The molecule has 0 aliphatic carbocycles. The van der Waals surface area contributed by atoms with Crippen molar-refractivity contribution in [1.82, 2.24) is 15.7 Å². The number of nitrogens with one attached hydrogen (secondary N) is 2. The summed E-state index contributed by atoms with van der Waals surface area (Å²) in [5.41, 5.74) is 2.00. The molecule has 0 saturated heterocycles. The van der Waals surface area contributed by atoms with Crippen molar-refractivity contribution in [2.75, 3.05) is 6.67 Å². The molecule has 0 saturated carbocycles. The van der Waals surface area contributed by atoms with Crippen LogP contribution in [-0.4, -0.2) is 41.2 Å². The van der Waals surface area contributed by atoms with Gasteiger partial charge in [-0.2, -0.15) is 0 Å². The molecule has 0 radical (unpaired) electrons. The first-order chi connectivity index (χ1) is 15.4. The van der Waals surface area contributed by atoms with Crippen LogP contribution in [0.2, 0.25) is 0 Å². The molecule has 0 fully saturated rings. The van der Waals surface area contributed by atoms with Crippen molar-refractivity contribution < 1.29 is 24.0 Å². The van der Waals surface area contributed by atoms with E-state index >= 15 is 0 Å². The molecule has 1 aromatic heterocycles. The number of rotatable bonds is 13. The van der Waals surface area contributed by atoms with E-state index < -0.39 is 17.9 Å². The van der Waals surface area contributed by atoms with Crippen LogP contribution in [0.3, 0.4) is 0 Å². The lowest BCUT2D eigenvalue weighted by molar-refractivity contribution is -0.168. The molecule has 1 aromatic carbocycles. The maximum atomic E-state index is 12.8. The quantitative estimate of drug-likeness (QED) is 0.143. The van der Waals surface area contributed by atoms with Crippen LogP contribution in [-0.2, 0) is 9.59 Å². The van der Waals surface area contributed by atoms with Gasteiger partial charge in [-0.1, -0.05) is 62.9 Å². The Morgan fingerprint density at radius 1 is 1.09 bits per heavy atom. The van der Waals surface area contributed by atoms with Crippen LogP contribution in [0.1, 0.15) is 62.1 Å². The third-order valence-corrected chi connectivity index (χ3v) is 5.46. The average molecular weight is 444 g/mol. The molecular formula is C24H33N3O5. The number of hydroxylamine groups is 2. The summed E-state index contributed by atoms with van der Waals surface area (Å²) in [5, 5.41) is 15.7. The van der Waals surface area contributed by atoms with Crippen molar-refractivity contribution in [2.24, 2.45) is 5.92 Å². The second-order valence-electron chi connectivity index (χ2n) is 7.82. The first-order valence-corrected chi connectivity index (χ1v) is 11.1. The second kappa shape index (κ2) is 12.7. The van der Waals surface area contributed by atoms with Crippen LogP contribution in [0.4, 0.5) is 0 Å². The van der Waals surface area contributed by atoms with Gasteiger partial charge in [-0.3, -0.25) is 19.6 Å². The molecule has 0 unspecified atom stereocenters. The monoisotopic (exact) mass is 443 g/mol. The van der Waals surface area contributed by atoms with E-state index in [1.54, 1.807) is 12.1 Å². The van der Waals surface area contributed by atoms with Gasteiger partial charge in [0.1, 0.15) is 5.76 Å². The third-order valence-electron chi connectivity index (χ3n) is 5.46. The number of carbonyl (C=O) groups is 3. The SMILES string of the molecule is CCCCC[C@@H](C(=O)NCNC(=O)c1ccc(-c2ccc(C)cc2)o1)[C@@H](CC)N(O)C=O. The van der Waals surface area contributed by atoms with Crippen LogP contribution in [0, 0.1) is 12.8 Å². The highest BCUT2D eigenvalue weighted by Gasteiger charge is 2.30. The fourth-order valence-corrected chi connectivity index (χ4v) is 3.61. The summed E-state index contributed by atoms with van der Waals surface area (Å²) in [6.07, 6.45) is 4.03. The minimum atomic E-state index is -0.623. The molecule has 0 spiro atoms. The van der Waals surface area contributed by atoms with Gasteiger partial charge in [0.15, 0.2) is 5.76 Å². The maximum Gasteiger partial charge on any atom is 0.288 e. The van der Waals surface area contributed by atoms with E-state index in [2.05, 4.69) is 17.6 Å². The topological polar surface area (TPSA) is 112 Å². The van der Waals surface area contributed by atoms with Crippen LogP contribution in [0.15, 0.2) is 40.8 Å². The lowest BCUT2D eigenvalue weighted by atomic mass is 9.90. The Morgan fingerprint density at radius 3 is 2.44 bits per heavy atom. The summed E-state index contributed by atoms with van der Waals surface area (Å²) in [5.74, 6) is -0.625. The van der Waals surface area contributed by atoms with Gasteiger partial charge in [-0.25, -0.2) is 5.06 Å². The molecule has 8 nitrogen and oxygen atoms in total. The minimum absolute atomic E-state index is 0.0918. The van der Waals surface area contributed by atoms with E-state index in [4.69, 9.17) is 4.42 Å². The molecule has 32 heavy (non-hydrogen) atoms. The summed E-state index contributed by atoms with van der Waals surface area (Å²) in [6, 6.07) is 10.5. The molecule has 2 atom stereocenters. The molecular weight excluding hydrogens is 410 g/mol. The Morgan fingerprint density at radius 2 is 1.81 bits per heavy atom. The van der Waals surface area contributed by atoms with Gasteiger partial charge in [-0.15, -0.1) is 0 Å². The van der Waals surface area contributed by atoms with Gasteiger partial charge < -0.3 is 15.1 Å². The van der Waals surface area contributed by atoms with Gasteiger partial charge in [0.2, 0.25) is 12.3 Å². The number of unbranched alkanes of at least 4 members (excludes halogenated alkanes) is 2. The van der Waals surface area contributed by atoms with Crippen LogP contribution >= 0.6 is 0 Å². The van der Waals surface area contributed by atoms with Gasteiger partial charge >= 0.3 is 0 Å². The highest BCUT2D eigenvalue weighted by Crippen LogP contribution is 2.23. The number of nitrogens with zero attached hydrogens (tertiary/aromatic N) is 1. The first-order valence-electron chi connectivity index (χ1n) is 11.1. The van der Waals surface area contributed by atoms with E-state index in [9.17, 15) is 19.6 Å². The van der Waals surface area contributed by atoms with Crippen LogP contribution in [0.25, 0.3) is 11.3 Å². The third kappa shape index (κ3) is 6.95. The fraction of sp³-hybridized carbons (Fsp3) is 0.458. The summed E-state index contributed by atoms with van der Waals surface area (Å²) in [4.78, 5) is 36.2. The van der Waals surface area contributed by atoms with Crippen LogP contribution < -0.4 is 10.6 Å². The summed E-state index contributed by atoms with van der Waals surface area (Å²) >= 11 is 0. The standard InChI is InChI=1S/C24H33N3O5/c1-4-6-7-8-19(20(5-2)27(31)16-28)23(29)25-15-26-24(30)22-14-13-21(32-22)18-11-9-17(3)10-12-18/h9-14,16,19-20,31H,4-8,15H2,1-3H3,(H,25,29)(H,26,30)/t19-,20-/m1/s1. The molecule has 3 amide bonds. The zero-order valence-electron chi connectivity index (χ0n) is 19.0. The molecule has 1 heterocycles. The molecule has 174 valence electrons. The molecule has 0 aliphatic heterocycles. The van der Waals surface area contributed by atoms with E-state index in [0.29, 0.717) is 30.1 Å². The number of carbonyl (C=O) groups excluding carboxylic acids is 3. The maximum absolute atomic E-state index is 12.8. The first kappa shape index (κ1) is 25.1. The summed E-state index contributed by atoms with van der Waals surface area (Å²) in [6.45, 7) is 5.77. The number of amides is 3. The Hall–Kier alpha value is -3.13. The van der Waals surface area contributed by atoms with Crippen molar-refractivity contribution in [3.8, 4) is 11.3 Å². The Labute approximate surface area is 188 Å². The smallest absolute Gasteiger partial charge is 0.288 e. The summed E-state index contributed by atoms with van der Waals surface area (Å²) < 4.78 is 5.64. The highest BCUT2D eigenvalue weighted by atomic mass is 16.5. The Bertz CT molecular complexity index is 878. The fourth-order valence-electron chi connectivity index (χ4n) is 3.61. The molecule has 0 bridgehead atoms. The second-order valence-corrected chi connectivity index (χ2v) is 7.82. The number of furan rings is 1. The Balaban J connectivity index is 1.94. The average Bonchev–Trinajstić information content (AvgIpc) is 3.29. The van der Waals surface area contributed by atoms with Gasteiger partial charge in [0, 0.05) is 5.56 Å². The zero-order valence-corrected chi connectivity index (χ0v) is 19.0. The zero-order chi connectivity index (χ0) is 23.5. The van der Waals surface area contributed by atoms with E-state index in [0.717, 1.165) is 30.4 Å². The van der Waals surface area contributed by atoms with Crippen molar-refractivity contribution in [1.29, 1.82) is 0 Å². The van der Waals surface area contributed by atoms with Crippen molar-refractivity contribution >= 4 is 18.2 Å². The number of hydrogen-bond donors (Lipinski definition) is 3. The molecule has 8 heteroatoms. The Kier molecular flexibility index (Phi) is 9.94. The summed E-state index contributed by atoms with van der Waals surface area (Å²) in [7, 11) is 0. The van der Waals surface area contributed by atoms with E-state index in [-0.39, 0.29) is 18.3 Å². The number of aryl methyl sites for hydroxylation is 1. The predicted octanol–water partition coefficient (Wildman–Crippen LogP) is 3.88. The van der Waals surface area contributed by atoms with Gasteiger partial charge in [0.05, 0.1) is 18.6 Å². The van der Waals surface area contributed by atoms with Crippen molar-refractivity contribution in [2.45, 2.75) is 58.9 Å². The largest absolute Gasteiger partial charge is 0.451 e. The van der Waals surface area contributed by atoms with Crippen LogP contribution in [0.5, 0.6) is 0 Å². The van der Waals surface area contributed by atoms with E-state index in [1.807, 2.05) is 38.1 Å². The lowest BCUT2D eigenvalue weighted by Gasteiger charge is -2.29. The van der Waals surface area contributed by atoms with Crippen molar-refractivity contribution in [3.05, 3.63) is 47.7 Å². The van der Waals surface area contributed by atoms with Crippen molar-refractivity contribution in [3.63, 3.8) is 0 Å². The molecule has 3 N–H and O–H groups in total. The number of benzene rings is 1. The lowest BCUT2D eigenvalue weighted by Crippen LogP contribution is -2.47. The van der Waals surface area contributed by atoms with Gasteiger partial charge in [-0.05, 0) is 31.9 Å². The predicted molar refractivity (Wildman–Crippen MR) is 121 cm³/mol. The number of hydrogen-bond acceptors (Lipinski definition) is 5. The van der Waals surface area contributed by atoms with E-state index in [1.165, 1.54) is 0 Å². The molecule has 2 aromatic rings. The minimum Gasteiger partial charge on any atom is -0.451 e.